The molecule has 1 rings (SSSR count). The van der Waals surface area contributed by atoms with Gasteiger partial charge in [0.15, 0.2) is 0 Å². The summed E-state index contributed by atoms with van der Waals surface area (Å²) in [5.41, 5.74) is 5.15. The van der Waals surface area contributed by atoms with Gasteiger partial charge in [0.1, 0.15) is 42.4 Å². The molecule has 20 heavy (non-hydrogen) atoms. The monoisotopic (exact) mass is 295 g/mol. The highest BCUT2D eigenvalue weighted by molar-refractivity contribution is 5.73. The first-order valence-electron chi connectivity index (χ1n) is 5.93. The quantitative estimate of drug-likeness (QED) is 0.325. The number of carboxylic acids is 1. The van der Waals surface area contributed by atoms with E-state index in [1.165, 1.54) is 0 Å². The van der Waals surface area contributed by atoms with Crippen LogP contribution in [0.1, 0.15) is 6.42 Å². The fourth-order valence-corrected chi connectivity index (χ4v) is 1.81. The Hall–Kier alpha value is -1.10. The zero-order valence-electron chi connectivity index (χ0n) is 10.5. The molecule has 1 fully saturated rings. The third-order valence-electron chi connectivity index (χ3n) is 3.01. The molecule has 1 unspecified atom stereocenters. The predicted molar refractivity (Wildman–Crippen MR) is 63.2 cm³/mol. The third kappa shape index (κ3) is 3.95. The van der Waals surface area contributed by atoms with Crippen molar-refractivity contribution in [3.8, 4) is 0 Å². The number of nitrogens with two attached hydrogens (primary N) is 1. The average Bonchev–Trinajstić information content (AvgIpc) is 2.39. The van der Waals surface area contributed by atoms with Gasteiger partial charge in [-0.15, -0.1) is 0 Å². The van der Waals surface area contributed by atoms with Crippen LogP contribution in [0.2, 0.25) is 0 Å². The fraction of sp³-hybridized carbons (Fsp3) is 0.727. The molecule has 1 aliphatic rings. The Balaban J connectivity index is 2.76. The van der Waals surface area contributed by atoms with Crippen LogP contribution in [-0.4, -0.2) is 74.7 Å². The number of hydrogen-bond acceptors (Lipinski definition) is 7. The lowest BCUT2D eigenvalue weighted by Crippen LogP contribution is -2.58. The molecule has 7 N–H and O–H groups in total. The van der Waals surface area contributed by atoms with Crippen LogP contribution >= 0.6 is 0 Å². The summed E-state index contributed by atoms with van der Waals surface area (Å²) in [6.45, 7) is -0.633. The lowest BCUT2D eigenvalue weighted by atomic mass is 9.94. The molecule has 9 heteroatoms. The second-order valence-electron chi connectivity index (χ2n) is 4.56. The molecule has 1 aliphatic heterocycles. The summed E-state index contributed by atoms with van der Waals surface area (Å²) >= 11 is 0. The van der Waals surface area contributed by atoms with E-state index in [1.54, 1.807) is 0 Å². The van der Waals surface area contributed by atoms with Gasteiger partial charge in [0.2, 0.25) is 0 Å². The van der Waals surface area contributed by atoms with E-state index < -0.39 is 61.4 Å². The number of aliphatic carboxylic acids is 1. The van der Waals surface area contributed by atoms with E-state index in [-0.39, 0.29) is 0 Å². The SMILES string of the molecule is N[C@@H](C/C(F)=C/C1O[C@H](CO)[C@@H](O)[C@H](O)[C@H]1O)C(=O)O. The second-order valence-corrected chi connectivity index (χ2v) is 4.56. The number of rotatable bonds is 5. The molecule has 1 saturated heterocycles. The van der Waals surface area contributed by atoms with E-state index in [2.05, 4.69) is 0 Å². The first-order valence-corrected chi connectivity index (χ1v) is 5.93. The molecule has 0 spiro atoms. The minimum absolute atomic E-state index is 0.607. The van der Waals surface area contributed by atoms with Crippen molar-refractivity contribution in [2.24, 2.45) is 5.73 Å². The van der Waals surface area contributed by atoms with E-state index in [0.717, 1.165) is 6.08 Å². The van der Waals surface area contributed by atoms with Gasteiger partial charge in [-0.25, -0.2) is 4.39 Å². The summed E-state index contributed by atoms with van der Waals surface area (Å²) in [5.74, 6) is -2.33. The van der Waals surface area contributed by atoms with Crippen molar-refractivity contribution in [2.75, 3.05) is 6.61 Å². The van der Waals surface area contributed by atoms with Gasteiger partial charge >= 0.3 is 5.97 Å². The largest absolute Gasteiger partial charge is 0.480 e. The molecule has 0 aliphatic carbocycles. The zero-order valence-corrected chi connectivity index (χ0v) is 10.5. The molecule has 0 radical (unpaired) electrons. The Morgan fingerprint density at radius 1 is 1.30 bits per heavy atom. The molecular weight excluding hydrogens is 277 g/mol. The van der Waals surface area contributed by atoms with E-state index in [1.807, 2.05) is 0 Å². The van der Waals surface area contributed by atoms with E-state index in [0.29, 0.717) is 0 Å². The average molecular weight is 295 g/mol. The molecule has 0 aromatic carbocycles. The summed E-state index contributed by atoms with van der Waals surface area (Å²) in [5, 5.41) is 46.1. The van der Waals surface area contributed by atoms with E-state index in [9.17, 15) is 24.5 Å². The van der Waals surface area contributed by atoms with Crippen molar-refractivity contribution < 1.29 is 39.5 Å². The van der Waals surface area contributed by atoms with Gasteiger partial charge in [-0.05, 0) is 6.08 Å². The summed E-state index contributed by atoms with van der Waals surface area (Å²) < 4.78 is 18.6. The standard InChI is InChI=1S/C11H18FNO7/c12-4(1-5(13)11(18)19)2-6-8(15)10(17)9(16)7(3-14)20-6/h2,5-10,14-17H,1,3,13H2,(H,18,19)/b4-2-/t5-,6?,7+,8-,9+,10+/m0/s1. The Morgan fingerprint density at radius 2 is 1.90 bits per heavy atom. The number of carbonyl (C=O) groups is 1. The first kappa shape index (κ1) is 17.0. The van der Waals surface area contributed by atoms with Crippen LogP contribution in [0.4, 0.5) is 4.39 Å². The van der Waals surface area contributed by atoms with E-state index >= 15 is 0 Å². The molecular formula is C11H18FNO7. The Morgan fingerprint density at radius 3 is 2.40 bits per heavy atom. The van der Waals surface area contributed by atoms with E-state index in [4.69, 9.17) is 20.7 Å². The molecule has 6 atom stereocenters. The molecule has 8 nitrogen and oxygen atoms in total. The number of hydrogen-bond donors (Lipinski definition) is 6. The molecule has 116 valence electrons. The van der Waals surface area contributed by atoms with Crippen LogP contribution in [0.3, 0.4) is 0 Å². The number of halogens is 1. The molecule has 0 aromatic rings. The first-order chi connectivity index (χ1) is 9.27. The predicted octanol–water partition coefficient (Wildman–Crippen LogP) is -2.52. The van der Waals surface area contributed by atoms with Gasteiger partial charge in [-0.1, -0.05) is 0 Å². The fourth-order valence-electron chi connectivity index (χ4n) is 1.81. The van der Waals surface area contributed by atoms with Crippen molar-refractivity contribution in [2.45, 2.75) is 43.0 Å². The molecule has 0 saturated carbocycles. The van der Waals surface area contributed by atoms with Gasteiger partial charge < -0.3 is 36.0 Å². The molecule has 0 amide bonds. The lowest BCUT2D eigenvalue weighted by molar-refractivity contribution is -0.217. The van der Waals surface area contributed by atoms with Gasteiger partial charge in [0.05, 0.1) is 6.61 Å². The number of ether oxygens (including phenoxy) is 1. The highest BCUT2D eigenvalue weighted by atomic mass is 19.1. The maximum absolute atomic E-state index is 13.5. The second kappa shape index (κ2) is 7.07. The van der Waals surface area contributed by atoms with Crippen LogP contribution in [0.15, 0.2) is 11.9 Å². The van der Waals surface area contributed by atoms with Crippen LogP contribution in [-0.2, 0) is 9.53 Å². The van der Waals surface area contributed by atoms with Crippen LogP contribution < -0.4 is 5.73 Å². The van der Waals surface area contributed by atoms with Gasteiger partial charge in [-0.3, -0.25) is 4.79 Å². The normalized spacial score (nSPS) is 36.7. The van der Waals surface area contributed by atoms with Gasteiger partial charge in [-0.2, -0.15) is 0 Å². The zero-order chi connectivity index (χ0) is 15.4. The minimum Gasteiger partial charge on any atom is -0.480 e. The third-order valence-corrected chi connectivity index (χ3v) is 3.01. The summed E-state index contributed by atoms with van der Waals surface area (Å²) in [6.07, 6.45) is -7.09. The van der Waals surface area contributed by atoms with Crippen molar-refractivity contribution >= 4 is 5.97 Å². The Kier molecular flexibility index (Phi) is 5.99. The smallest absolute Gasteiger partial charge is 0.320 e. The number of aliphatic hydroxyl groups is 4. The Bertz CT molecular complexity index is 376. The van der Waals surface area contributed by atoms with Crippen LogP contribution in [0, 0.1) is 0 Å². The summed E-state index contributed by atoms with van der Waals surface area (Å²) in [7, 11) is 0. The van der Waals surface area contributed by atoms with Crippen molar-refractivity contribution in [3.63, 3.8) is 0 Å². The van der Waals surface area contributed by atoms with Crippen LogP contribution in [0.25, 0.3) is 0 Å². The molecule has 1 heterocycles. The minimum atomic E-state index is -1.62. The molecule has 0 bridgehead atoms. The topological polar surface area (TPSA) is 153 Å². The van der Waals surface area contributed by atoms with Crippen molar-refractivity contribution in [3.05, 3.63) is 11.9 Å². The van der Waals surface area contributed by atoms with Crippen molar-refractivity contribution in [1.29, 1.82) is 0 Å². The summed E-state index contributed by atoms with van der Waals surface area (Å²) in [4.78, 5) is 10.5. The maximum atomic E-state index is 13.5. The number of carboxylic acid groups (broad SMARTS) is 1. The van der Waals surface area contributed by atoms with Crippen LogP contribution in [0.5, 0.6) is 0 Å². The lowest BCUT2D eigenvalue weighted by Gasteiger charge is -2.38. The van der Waals surface area contributed by atoms with Gasteiger partial charge in [0.25, 0.3) is 0 Å². The number of aliphatic hydroxyl groups excluding tert-OH is 4. The molecule has 0 aromatic heterocycles. The maximum Gasteiger partial charge on any atom is 0.320 e. The van der Waals surface area contributed by atoms with Crippen molar-refractivity contribution in [1.82, 2.24) is 0 Å². The summed E-state index contributed by atoms with van der Waals surface area (Å²) in [6, 6.07) is -1.45. The van der Waals surface area contributed by atoms with Gasteiger partial charge in [0, 0.05) is 6.42 Å². The highest BCUT2D eigenvalue weighted by Gasteiger charge is 2.42. The highest BCUT2D eigenvalue weighted by Crippen LogP contribution is 2.23. The Labute approximate surface area is 113 Å².